The molecule has 0 radical (unpaired) electrons. The summed E-state index contributed by atoms with van der Waals surface area (Å²) in [6.45, 7) is 16.3. The van der Waals surface area contributed by atoms with Crippen molar-refractivity contribution in [2.24, 2.45) is 0 Å². The van der Waals surface area contributed by atoms with Crippen molar-refractivity contribution in [3.8, 4) is 0 Å². The van der Waals surface area contributed by atoms with Crippen LogP contribution in [0.1, 0.15) is 63.1 Å². The van der Waals surface area contributed by atoms with E-state index in [0.717, 1.165) is 17.9 Å². The third-order valence-electron chi connectivity index (χ3n) is 3.93. The van der Waals surface area contributed by atoms with Crippen LogP contribution in [0, 0.1) is 13.8 Å². The van der Waals surface area contributed by atoms with E-state index < -0.39 is 0 Å². The third-order valence-corrected chi connectivity index (χ3v) is 3.93. The van der Waals surface area contributed by atoms with Crippen LogP contribution in [0.15, 0.2) is 16.5 Å². The Morgan fingerprint density at radius 2 is 1.85 bits per heavy atom. The second kappa shape index (κ2) is 5.25. The Morgan fingerprint density at radius 1 is 1.20 bits per heavy atom. The van der Waals surface area contributed by atoms with Crippen LogP contribution in [0.25, 0.3) is 11.0 Å². The molecule has 20 heavy (non-hydrogen) atoms. The Labute approximate surface area is 122 Å². The highest BCUT2D eigenvalue weighted by Gasteiger charge is 2.23. The molecule has 0 saturated carbocycles. The summed E-state index contributed by atoms with van der Waals surface area (Å²) in [6, 6.07) is 4.75. The van der Waals surface area contributed by atoms with Crippen molar-refractivity contribution in [1.29, 1.82) is 0 Å². The Morgan fingerprint density at radius 3 is 2.40 bits per heavy atom. The molecule has 0 spiro atoms. The number of aryl methyl sites for hydroxylation is 2. The average Bonchev–Trinajstić information content (AvgIpc) is 2.65. The van der Waals surface area contributed by atoms with E-state index in [2.05, 4.69) is 65.9 Å². The first-order valence-electron chi connectivity index (χ1n) is 7.53. The largest absolute Gasteiger partial charge is 0.459 e. The van der Waals surface area contributed by atoms with Gasteiger partial charge in [0, 0.05) is 10.9 Å². The SMILES string of the molecule is CCNC(C)c1oc2c(C(C)(C)C)cc(C)cc2c1C. The van der Waals surface area contributed by atoms with E-state index in [0.29, 0.717) is 0 Å². The predicted octanol–water partition coefficient (Wildman–Crippen LogP) is 5.02. The van der Waals surface area contributed by atoms with Crippen LogP contribution in [0.3, 0.4) is 0 Å². The van der Waals surface area contributed by atoms with E-state index in [1.807, 2.05) is 0 Å². The standard InChI is InChI=1S/C18H27NO/c1-8-19-13(4)16-12(3)14-9-11(2)10-15(17(14)20-16)18(5,6)7/h9-10,13,19H,8H2,1-7H3. The Bertz CT molecular complexity index is 616. The number of hydrogen-bond acceptors (Lipinski definition) is 2. The zero-order valence-electron chi connectivity index (χ0n) is 13.8. The van der Waals surface area contributed by atoms with Gasteiger partial charge in [0.25, 0.3) is 0 Å². The van der Waals surface area contributed by atoms with Crippen molar-refractivity contribution in [3.63, 3.8) is 0 Å². The molecule has 1 aromatic carbocycles. The first kappa shape index (κ1) is 15.1. The van der Waals surface area contributed by atoms with Crippen molar-refractivity contribution in [3.05, 3.63) is 34.6 Å². The summed E-state index contributed by atoms with van der Waals surface area (Å²) in [5, 5.41) is 4.70. The van der Waals surface area contributed by atoms with Gasteiger partial charge in [0.2, 0.25) is 0 Å². The number of nitrogens with one attached hydrogen (secondary N) is 1. The lowest BCUT2D eigenvalue weighted by Gasteiger charge is -2.20. The fourth-order valence-corrected chi connectivity index (χ4v) is 2.85. The summed E-state index contributed by atoms with van der Waals surface area (Å²) in [7, 11) is 0. The van der Waals surface area contributed by atoms with Crippen LogP contribution in [-0.2, 0) is 5.41 Å². The first-order chi connectivity index (χ1) is 9.25. The van der Waals surface area contributed by atoms with Crippen LogP contribution in [-0.4, -0.2) is 6.54 Å². The first-order valence-corrected chi connectivity index (χ1v) is 7.53. The van der Waals surface area contributed by atoms with Crippen LogP contribution < -0.4 is 5.32 Å². The van der Waals surface area contributed by atoms with E-state index in [1.54, 1.807) is 0 Å². The molecule has 1 N–H and O–H groups in total. The molecule has 0 amide bonds. The monoisotopic (exact) mass is 273 g/mol. The van der Waals surface area contributed by atoms with Crippen molar-refractivity contribution in [1.82, 2.24) is 5.32 Å². The molecule has 2 rings (SSSR count). The quantitative estimate of drug-likeness (QED) is 0.849. The lowest BCUT2D eigenvalue weighted by Crippen LogP contribution is -2.17. The van der Waals surface area contributed by atoms with Gasteiger partial charge < -0.3 is 9.73 Å². The second-order valence-corrected chi connectivity index (χ2v) is 6.81. The van der Waals surface area contributed by atoms with Gasteiger partial charge in [-0.3, -0.25) is 0 Å². The molecule has 0 aliphatic heterocycles. The number of hydrogen-bond donors (Lipinski definition) is 1. The zero-order chi connectivity index (χ0) is 15.1. The minimum absolute atomic E-state index is 0.0905. The molecule has 0 fully saturated rings. The molecule has 0 bridgehead atoms. The molecular weight excluding hydrogens is 246 g/mol. The fraction of sp³-hybridized carbons (Fsp3) is 0.556. The molecular formula is C18H27NO. The maximum atomic E-state index is 6.26. The van der Waals surface area contributed by atoms with E-state index in [4.69, 9.17) is 4.42 Å². The summed E-state index contributed by atoms with van der Waals surface area (Å²) in [5.74, 6) is 1.07. The van der Waals surface area contributed by atoms with Gasteiger partial charge in [0.15, 0.2) is 0 Å². The molecule has 0 saturated heterocycles. The number of benzene rings is 1. The summed E-state index contributed by atoms with van der Waals surface area (Å²) in [4.78, 5) is 0. The maximum Gasteiger partial charge on any atom is 0.138 e. The van der Waals surface area contributed by atoms with E-state index in [9.17, 15) is 0 Å². The molecule has 1 aromatic heterocycles. The maximum absolute atomic E-state index is 6.26. The molecule has 0 aliphatic rings. The Hall–Kier alpha value is -1.28. The number of furan rings is 1. The van der Waals surface area contributed by atoms with E-state index in [1.165, 1.54) is 22.1 Å². The lowest BCUT2D eigenvalue weighted by molar-refractivity contribution is 0.450. The van der Waals surface area contributed by atoms with Crippen molar-refractivity contribution < 1.29 is 4.42 Å². The topological polar surface area (TPSA) is 25.2 Å². The molecule has 0 aliphatic carbocycles. The average molecular weight is 273 g/mol. The summed E-state index contributed by atoms with van der Waals surface area (Å²) < 4.78 is 6.26. The summed E-state index contributed by atoms with van der Waals surface area (Å²) >= 11 is 0. The highest BCUT2D eigenvalue weighted by molar-refractivity contribution is 5.86. The minimum atomic E-state index is 0.0905. The number of fused-ring (bicyclic) bond motifs is 1. The molecule has 2 nitrogen and oxygen atoms in total. The van der Waals surface area contributed by atoms with Gasteiger partial charge in [-0.1, -0.05) is 33.8 Å². The van der Waals surface area contributed by atoms with Gasteiger partial charge in [-0.15, -0.1) is 0 Å². The van der Waals surface area contributed by atoms with Crippen LogP contribution >= 0.6 is 0 Å². The van der Waals surface area contributed by atoms with Gasteiger partial charge in [-0.2, -0.15) is 0 Å². The zero-order valence-corrected chi connectivity index (χ0v) is 13.8. The smallest absolute Gasteiger partial charge is 0.138 e. The molecule has 2 heteroatoms. The summed E-state index contributed by atoms with van der Waals surface area (Å²) in [6.07, 6.45) is 0. The Kier molecular flexibility index (Phi) is 3.97. The molecule has 1 atom stereocenters. The van der Waals surface area contributed by atoms with Gasteiger partial charge in [0.1, 0.15) is 11.3 Å². The van der Waals surface area contributed by atoms with Gasteiger partial charge >= 0.3 is 0 Å². The van der Waals surface area contributed by atoms with Crippen molar-refractivity contribution in [2.75, 3.05) is 6.54 Å². The van der Waals surface area contributed by atoms with Gasteiger partial charge in [0.05, 0.1) is 6.04 Å². The molecule has 1 unspecified atom stereocenters. The second-order valence-electron chi connectivity index (χ2n) is 6.81. The van der Waals surface area contributed by atoms with Crippen molar-refractivity contribution >= 4 is 11.0 Å². The minimum Gasteiger partial charge on any atom is -0.459 e. The molecule has 110 valence electrons. The van der Waals surface area contributed by atoms with Crippen molar-refractivity contribution in [2.45, 2.75) is 59.9 Å². The third kappa shape index (κ3) is 2.62. The number of rotatable bonds is 3. The predicted molar refractivity (Wildman–Crippen MR) is 86.5 cm³/mol. The highest BCUT2D eigenvalue weighted by Crippen LogP contribution is 2.37. The lowest BCUT2D eigenvalue weighted by atomic mass is 9.85. The molecule has 1 heterocycles. The fourth-order valence-electron chi connectivity index (χ4n) is 2.85. The van der Waals surface area contributed by atoms with E-state index in [-0.39, 0.29) is 11.5 Å². The van der Waals surface area contributed by atoms with Crippen LogP contribution in [0.2, 0.25) is 0 Å². The van der Waals surface area contributed by atoms with Crippen LogP contribution in [0.5, 0.6) is 0 Å². The molecule has 2 aromatic rings. The van der Waals surface area contributed by atoms with E-state index >= 15 is 0 Å². The summed E-state index contributed by atoms with van der Waals surface area (Å²) in [5.41, 5.74) is 5.01. The normalized spacial score (nSPS) is 13.9. The van der Waals surface area contributed by atoms with Crippen LogP contribution in [0.4, 0.5) is 0 Å². The van der Waals surface area contributed by atoms with Gasteiger partial charge in [-0.25, -0.2) is 0 Å². The Balaban J connectivity index is 2.70. The highest BCUT2D eigenvalue weighted by atomic mass is 16.3. The van der Waals surface area contributed by atoms with Gasteiger partial charge in [-0.05, 0) is 49.9 Å².